The normalized spacial score (nSPS) is 11.1. The molecule has 0 saturated heterocycles. The highest BCUT2D eigenvalue weighted by Crippen LogP contribution is 2.19. The maximum atomic E-state index is 12.6. The third-order valence-electron chi connectivity index (χ3n) is 3.44. The van der Waals surface area contributed by atoms with Gasteiger partial charge in [-0.3, -0.25) is 4.90 Å². The van der Waals surface area contributed by atoms with E-state index in [0.29, 0.717) is 17.3 Å². The predicted molar refractivity (Wildman–Crippen MR) is 101 cm³/mol. The van der Waals surface area contributed by atoms with E-state index >= 15 is 0 Å². The Morgan fingerprint density at radius 3 is 2.64 bits per heavy atom. The lowest BCUT2D eigenvalue weighted by Crippen LogP contribution is -2.39. The number of benzene rings is 2. The van der Waals surface area contributed by atoms with Crippen LogP contribution in [0.5, 0.6) is 5.75 Å². The van der Waals surface area contributed by atoms with Crippen molar-refractivity contribution in [1.82, 2.24) is 4.90 Å². The van der Waals surface area contributed by atoms with Crippen LogP contribution in [0.4, 0.5) is 10.5 Å². The van der Waals surface area contributed by atoms with E-state index in [-0.39, 0.29) is 0 Å². The average molecular weight is 353 g/mol. The highest BCUT2D eigenvalue weighted by atomic mass is 32.1. The predicted octanol–water partition coefficient (Wildman–Crippen LogP) is 4.36. The van der Waals surface area contributed by atoms with Crippen molar-refractivity contribution < 1.29 is 9.53 Å². The first-order chi connectivity index (χ1) is 12.0. The van der Waals surface area contributed by atoms with Crippen LogP contribution in [0, 0.1) is 11.3 Å². The van der Waals surface area contributed by atoms with Crippen molar-refractivity contribution in [3.8, 4) is 11.8 Å². The lowest BCUT2D eigenvalue weighted by molar-refractivity contribution is 0.142. The van der Waals surface area contributed by atoms with Gasteiger partial charge in [0.05, 0.1) is 17.6 Å². The fourth-order valence-corrected chi connectivity index (χ4v) is 2.33. The molecule has 0 radical (unpaired) electrons. The van der Waals surface area contributed by atoms with Crippen molar-refractivity contribution in [2.45, 2.75) is 26.4 Å². The fourth-order valence-electron chi connectivity index (χ4n) is 2.21. The smallest absolute Gasteiger partial charge is 0.410 e. The van der Waals surface area contributed by atoms with Crippen molar-refractivity contribution >= 4 is 29.0 Å². The number of anilines is 1. The third kappa shape index (κ3) is 5.59. The maximum absolute atomic E-state index is 12.6. The minimum atomic E-state index is -0.614. The molecule has 0 bridgehead atoms. The highest BCUT2D eigenvalue weighted by molar-refractivity contribution is 7.80. The van der Waals surface area contributed by atoms with Crippen molar-refractivity contribution in [3.63, 3.8) is 0 Å². The number of ether oxygens (including phenoxy) is 1. The van der Waals surface area contributed by atoms with Crippen LogP contribution in [0.1, 0.15) is 19.4 Å². The fraction of sp³-hybridized carbons (Fsp3) is 0.211. The lowest BCUT2D eigenvalue weighted by Gasteiger charge is -2.24. The minimum absolute atomic E-state index is 0.297. The molecule has 1 N–H and O–H groups in total. The molecular formula is C19H19N3O2S. The van der Waals surface area contributed by atoms with E-state index in [1.54, 1.807) is 32.0 Å². The largest absolute Gasteiger partial charge is 0.416 e. The van der Waals surface area contributed by atoms with Crippen LogP contribution in [0.15, 0.2) is 54.6 Å². The van der Waals surface area contributed by atoms with E-state index in [4.69, 9.17) is 17.0 Å². The molecule has 1 amide bonds. The number of carbonyl (C=O) groups is 1. The van der Waals surface area contributed by atoms with Gasteiger partial charge in [-0.15, -0.1) is 0 Å². The van der Waals surface area contributed by atoms with Crippen LogP contribution in [-0.4, -0.2) is 22.0 Å². The zero-order chi connectivity index (χ0) is 18.2. The molecule has 25 heavy (non-hydrogen) atoms. The molecule has 0 fully saturated rings. The molecule has 6 heteroatoms. The van der Waals surface area contributed by atoms with E-state index < -0.39 is 12.1 Å². The van der Waals surface area contributed by atoms with Gasteiger partial charge in [0.2, 0.25) is 0 Å². The Balaban J connectivity index is 2.14. The molecule has 0 aromatic heterocycles. The number of hydrogen-bond acceptors (Lipinski definition) is 4. The molecule has 1 unspecified atom stereocenters. The minimum Gasteiger partial charge on any atom is -0.410 e. The number of nitriles is 1. The standard InChI is InChI=1S/C19H19N3O2S/c1-14(12-20)22(13-16-7-4-3-5-8-16)19(23)24-18-10-6-9-17(11-18)21-15(2)25/h3-11,14H,13H2,1-2H3,(H,21,25). The maximum Gasteiger partial charge on any atom is 0.416 e. The van der Waals surface area contributed by atoms with Gasteiger partial charge in [0.15, 0.2) is 0 Å². The topological polar surface area (TPSA) is 65.4 Å². The molecule has 0 spiro atoms. The number of amides is 1. The van der Waals surface area contributed by atoms with Crippen LogP contribution in [0.3, 0.4) is 0 Å². The summed E-state index contributed by atoms with van der Waals surface area (Å²) < 4.78 is 5.45. The van der Waals surface area contributed by atoms with Crippen molar-refractivity contribution in [2.24, 2.45) is 0 Å². The summed E-state index contributed by atoms with van der Waals surface area (Å²) in [6.45, 7) is 3.73. The van der Waals surface area contributed by atoms with Gasteiger partial charge in [-0.25, -0.2) is 4.79 Å². The third-order valence-corrected chi connectivity index (χ3v) is 3.55. The summed E-state index contributed by atoms with van der Waals surface area (Å²) in [4.78, 5) is 14.6. The van der Waals surface area contributed by atoms with E-state index in [9.17, 15) is 10.1 Å². The lowest BCUT2D eigenvalue weighted by atomic mass is 10.2. The number of rotatable bonds is 5. The summed E-state index contributed by atoms with van der Waals surface area (Å²) in [5.74, 6) is 0.384. The molecule has 0 aliphatic rings. The summed E-state index contributed by atoms with van der Waals surface area (Å²) >= 11 is 5.01. The zero-order valence-electron chi connectivity index (χ0n) is 14.1. The SMILES string of the molecule is CC(=S)Nc1cccc(OC(=O)N(Cc2ccccc2)C(C)C#N)c1. The van der Waals surface area contributed by atoms with E-state index in [1.165, 1.54) is 4.90 Å². The van der Waals surface area contributed by atoms with Crippen molar-refractivity contribution in [2.75, 3.05) is 5.32 Å². The Morgan fingerprint density at radius 2 is 2.00 bits per heavy atom. The van der Waals surface area contributed by atoms with Gasteiger partial charge in [0, 0.05) is 11.8 Å². The number of hydrogen-bond donors (Lipinski definition) is 1. The molecule has 0 heterocycles. The van der Waals surface area contributed by atoms with Crippen LogP contribution in [-0.2, 0) is 6.54 Å². The van der Waals surface area contributed by atoms with E-state index in [2.05, 4.69) is 11.4 Å². The van der Waals surface area contributed by atoms with Crippen molar-refractivity contribution in [1.29, 1.82) is 5.26 Å². The molecular weight excluding hydrogens is 334 g/mol. The van der Waals surface area contributed by atoms with Crippen molar-refractivity contribution in [3.05, 3.63) is 60.2 Å². The van der Waals surface area contributed by atoms with Crippen LogP contribution in [0.25, 0.3) is 0 Å². The molecule has 5 nitrogen and oxygen atoms in total. The van der Waals surface area contributed by atoms with Crippen LogP contribution in [0.2, 0.25) is 0 Å². The van der Waals surface area contributed by atoms with Crippen LogP contribution < -0.4 is 10.1 Å². The Morgan fingerprint density at radius 1 is 1.28 bits per heavy atom. The summed E-state index contributed by atoms with van der Waals surface area (Å²) in [6, 6.07) is 17.9. The first-order valence-corrected chi connectivity index (χ1v) is 8.20. The van der Waals surface area contributed by atoms with Gasteiger partial charge in [0.1, 0.15) is 11.8 Å². The number of carbonyl (C=O) groups excluding carboxylic acids is 1. The molecule has 2 aromatic carbocycles. The first kappa shape index (κ1) is 18.4. The first-order valence-electron chi connectivity index (χ1n) is 7.79. The Hall–Kier alpha value is -2.91. The van der Waals surface area contributed by atoms with E-state index in [0.717, 1.165) is 11.3 Å². The number of nitrogens with zero attached hydrogens (tertiary/aromatic N) is 2. The Kier molecular flexibility index (Phi) is 6.49. The summed E-state index contributed by atoms with van der Waals surface area (Å²) in [7, 11) is 0. The summed E-state index contributed by atoms with van der Waals surface area (Å²) in [6.07, 6.45) is -0.575. The van der Waals surface area contributed by atoms with Gasteiger partial charge < -0.3 is 10.1 Å². The van der Waals surface area contributed by atoms with Gasteiger partial charge in [-0.2, -0.15) is 5.26 Å². The number of nitrogens with one attached hydrogen (secondary N) is 1. The molecule has 2 rings (SSSR count). The summed E-state index contributed by atoms with van der Waals surface area (Å²) in [5.41, 5.74) is 1.66. The Bertz CT molecular complexity index is 787. The molecule has 0 aliphatic carbocycles. The molecule has 1 atom stereocenters. The summed E-state index contributed by atoms with van der Waals surface area (Å²) in [5, 5.41) is 12.2. The molecule has 0 aliphatic heterocycles. The zero-order valence-corrected chi connectivity index (χ0v) is 14.9. The second kappa shape index (κ2) is 8.81. The van der Waals surface area contributed by atoms with E-state index in [1.807, 2.05) is 36.4 Å². The quantitative estimate of drug-likeness (QED) is 0.809. The Labute approximate surface area is 152 Å². The number of thiocarbonyl (C=S) groups is 1. The van der Waals surface area contributed by atoms with Gasteiger partial charge >= 0.3 is 6.09 Å². The second-order valence-corrected chi connectivity index (χ2v) is 6.11. The monoisotopic (exact) mass is 353 g/mol. The average Bonchev–Trinajstić information content (AvgIpc) is 2.59. The molecule has 128 valence electrons. The van der Waals surface area contributed by atoms with Gasteiger partial charge in [0.25, 0.3) is 0 Å². The molecule has 2 aromatic rings. The molecule has 0 saturated carbocycles. The highest BCUT2D eigenvalue weighted by Gasteiger charge is 2.22. The van der Waals surface area contributed by atoms with Crippen LogP contribution >= 0.6 is 12.2 Å². The second-order valence-electron chi connectivity index (χ2n) is 5.50. The van der Waals surface area contributed by atoms with Gasteiger partial charge in [-0.05, 0) is 31.5 Å². The van der Waals surface area contributed by atoms with Gasteiger partial charge in [-0.1, -0.05) is 48.6 Å².